The zero-order chi connectivity index (χ0) is 15.6. The molecular weight excluding hydrogens is 408 g/mol. The van der Waals surface area contributed by atoms with E-state index in [4.69, 9.17) is 0 Å². The van der Waals surface area contributed by atoms with Crippen LogP contribution >= 0.6 is 32.9 Å². The molecule has 122 valence electrons. The number of imidazole rings is 1. The second-order valence-corrected chi connectivity index (χ2v) is 7.75. The summed E-state index contributed by atoms with van der Waals surface area (Å²) < 4.78 is 1.18. The fourth-order valence-corrected chi connectivity index (χ4v) is 1.63. The fraction of sp³-hybridized carbons (Fsp3) is 0.750. The molecule has 21 heavy (non-hydrogen) atoms. The molecule has 7 nitrogen and oxygen atoms in total. The van der Waals surface area contributed by atoms with E-state index < -0.39 is 11.0 Å². The zero-order valence-electron chi connectivity index (χ0n) is 12.5. The third kappa shape index (κ3) is 5.65. The quantitative estimate of drug-likeness (QED) is 0.394. The highest BCUT2D eigenvalue weighted by atomic mass is 79.9. The fourth-order valence-electron chi connectivity index (χ4n) is 1.49. The van der Waals surface area contributed by atoms with Crippen molar-refractivity contribution in [3.63, 3.8) is 0 Å². The Hall–Kier alpha value is -0.510. The van der Waals surface area contributed by atoms with Gasteiger partial charge in [-0.1, -0.05) is 20.9 Å². The monoisotopic (exact) mass is 428 g/mol. The minimum atomic E-state index is -0.739. The summed E-state index contributed by atoms with van der Waals surface area (Å²) in [7, 11) is 0. The summed E-state index contributed by atoms with van der Waals surface area (Å²) in [4.78, 5) is 13.8. The van der Waals surface area contributed by atoms with Gasteiger partial charge in [-0.15, -0.1) is 17.0 Å². The van der Waals surface area contributed by atoms with Crippen LogP contribution in [0.15, 0.2) is 12.4 Å². The van der Waals surface area contributed by atoms with Gasteiger partial charge < -0.3 is 20.5 Å². The molecule has 2 N–H and O–H groups in total. The van der Waals surface area contributed by atoms with Gasteiger partial charge in [-0.2, -0.15) is 0 Å². The number of halogens is 2. The Labute approximate surface area is 143 Å². The molecular formula is C12H22Br2N4O3. The minimum Gasteiger partial charge on any atom is -0.390 e. The molecule has 0 aliphatic carbocycles. The van der Waals surface area contributed by atoms with Gasteiger partial charge in [0.15, 0.2) is 0 Å². The van der Waals surface area contributed by atoms with E-state index >= 15 is 0 Å². The summed E-state index contributed by atoms with van der Waals surface area (Å²) >= 11 is 3.59. The predicted molar refractivity (Wildman–Crippen MR) is 90.3 cm³/mol. The first-order chi connectivity index (χ1) is 9.04. The number of rotatable bonds is 7. The van der Waals surface area contributed by atoms with Gasteiger partial charge in [-0.3, -0.25) is 0 Å². The highest BCUT2D eigenvalue weighted by Gasteiger charge is 2.34. The Balaban J connectivity index is 0.00000400. The lowest BCUT2D eigenvalue weighted by Gasteiger charge is -2.38. The van der Waals surface area contributed by atoms with Crippen LogP contribution in [0.5, 0.6) is 0 Å². The molecule has 1 rings (SSSR count). The van der Waals surface area contributed by atoms with Crippen LogP contribution in [-0.2, 0) is 6.54 Å². The van der Waals surface area contributed by atoms with Crippen molar-refractivity contribution in [2.45, 2.75) is 50.2 Å². The van der Waals surface area contributed by atoms with E-state index in [0.29, 0.717) is 6.54 Å². The summed E-state index contributed by atoms with van der Waals surface area (Å²) in [6, 6.07) is 0. The van der Waals surface area contributed by atoms with E-state index in [9.17, 15) is 15.2 Å². The van der Waals surface area contributed by atoms with E-state index in [0.717, 1.165) is 0 Å². The van der Waals surface area contributed by atoms with Crippen molar-refractivity contribution in [3.8, 4) is 0 Å². The summed E-state index contributed by atoms with van der Waals surface area (Å²) in [6.07, 6.45) is 2.10. The van der Waals surface area contributed by atoms with Crippen molar-refractivity contribution in [2.75, 3.05) is 6.54 Å². The van der Waals surface area contributed by atoms with Crippen LogP contribution in [0.25, 0.3) is 0 Å². The topological polar surface area (TPSA) is 93.2 Å². The molecule has 1 aromatic rings. The first-order valence-electron chi connectivity index (χ1n) is 6.32. The number of aliphatic hydroxyl groups is 1. The second kappa shape index (κ2) is 7.66. The smallest absolute Gasteiger partial charge is 0.390 e. The molecule has 0 bridgehead atoms. The van der Waals surface area contributed by atoms with Crippen molar-refractivity contribution >= 4 is 38.9 Å². The molecule has 0 saturated heterocycles. The number of alkyl halides is 1. The lowest BCUT2D eigenvalue weighted by atomic mass is 9.90. The first kappa shape index (κ1) is 20.5. The molecule has 0 aromatic carbocycles. The van der Waals surface area contributed by atoms with E-state index in [1.807, 2.05) is 27.7 Å². The van der Waals surface area contributed by atoms with Gasteiger partial charge in [0.25, 0.3) is 0 Å². The maximum Gasteiger partial charge on any atom is 0.434 e. The number of nitro groups is 1. The minimum absolute atomic E-state index is 0. The van der Waals surface area contributed by atoms with E-state index in [1.54, 1.807) is 0 Å². The molecule has 0 amide bonds. The largest absolute Gasteiger partial charge is 0.434 e. The second-order valence-electron chi connectivity index (χ2n) is 5.77. The Morgan fingerprint density at radius 1 is 1.52 bits per heavy atom. The molecule has 0 aliphatic rings. The molecule has 1 unspecified atom stereocenters. The number of hydrogen-bond acceptors (Lipinski definition) is 5. The van der Waals surface area contributed by atoms with Crippen molar-refractivity contribution in [2.24, 2.45) is 0 Å². The first-order valence-corrected chi connectivity index (χ1v) is 7.11. The Morgan fingerprint density at radius 2 is 2.10 bits per heavy atom. The highest BCUT2D eigenvalue weighted by molar-refractivity contribution is 9.10. The molecule has 9 heteroatoms. The molecule has 0 radical (unpaired) electrons. The van der Waals surface area contributed by atoms with Crippen molar-refractivity contribution in [1.29, 1.82) is 0 Å². The molecule has 0 saturated carbocycles. The molecule has 0 spiro atoms. The van der Waals surface area contributed by atoms with Gasteiger partial charge >= 0.3 is 5.95 Å². The number of nitrogens with zero attached hydrogens (tertiary/aromatic N) is 3. The number of aromatic nitrogens is 2. The Morgan fingerprint density at radius 3 is 2.57 bits per heavy atom. The lowest BCUT2D eigenvalue weighted by molar-refractivity contribution is -0.397. The van der Waals surface area contributed by atoms with Gasteiger partial charge in [0, 0.05) is 16.4 Å². The third-order valence-electron chi connectivity index (χ3n) is 3.53. The van der Waals surface area contributed by atoms with Crippen molar-refractivity contribution in [3.05, 3.63) is 22.5 Å². The molecule has 0 fully saturated rings. The average Bonchev–Trinajstić information content (AvgIpc) is 2.73. The van der Waals surface area contributed by atoms with Crippen LogP contribution in [0.3, 0.4) is 0 Å². The third-order valence-corrected chi connectivity index (χ3v) is 4.52. The van der Waals surface area contributed by atoms with Crippen LogP contribution in [0, 0.1) is 10.1 Å². The Bertz CT molecular complexity index is 471. The van der Waals surface area contributed by atoms with Gasteiger partial charge in [-0.25, -0.2) is 4.57 Å². The summed E-state index contributed by atoms with van der Waals surface area (Å²) in [5.74, 6) is -0.260. The number of hydrogen-bond donors (Lipinski definition) is 2. The van der Waals surface area contributed by atoms with Crippen LogP contribution < -0.4 is 5.32 Å². The van der Waals surface area contributed by atoms with Crippen molar-refractivity contribution in [1.82, 2.24) is 14.9 Å². The van der Waals surface area contributed by atoms with Gasteiger partial charge in [-0.05, 0) is 32.6 Å². The van der Waals surface area contributed by atoms with E-state index in [2.05, 4.69) is 26.2 Å². The highest BCUT2D eigenvalue weighted by Crippen LogP contribution is 2.29. The van der Waals surface area contributed by atoms with Gasteiger partial charge in [0.2, 0.25) is 0 Å². The van der Waals surface area contributed by atoms with Crippen LogP contribution in [-0.4, -0.2) is 42.1 Å². The molecule has 1 atom stereocenters. The summed E-state index contributed by atoms with van der Waals surface area (Å²) in [6.45, 7) is 8.57. The molecule has 1 aromatic heterocycles. The maximum atomic E-state index is 10.7. The van der Waals surface area contributed by atoms with E-state index in [-0.39, 0.29) is 39.3 Å². The number of nitrogens with one attached hydrogen (secondary N) is 1. The molecule has 0 aliphatic heterocycles. The zero-order valence-corrected chi connectivity index (χ0v) is 15.8. The van der Waals surface area contributed by atoms with Gasteiger partial charge in [0.05, 0.1) is 12.6 Å². The predicted octanol–water partition coefficient (Wildman–Crippen LogP) is 2.27. The maximum absolute atomic E-state index is 10.7. The van der Waals surface area contributed by atoms with E-state index in [1.165, 1.54) is 17.0 Å². The van der Waals surface area contributed by atoms with Crippen LogP contribution in [0.4, 0.5) is 5.95 Å². The van der Waals surface area contributed by atoms with Crippen LogP contribution in [0.1, 0.15) is 27.7 Å². The molecule has 1 heterocycles. The normalized spacial score (nSPS) is 13.6. The Kier molecular flexibility index (Phi) is 7.48. The summed E-state index contributed by atoms with van der Waals surface area (Å²) in [5.41, 5.74) is -0.241. The number of aliphatic hydroxyl groups excluding tert-OH is 1. The standard InChI is InChI=1S/C12H21BrN4O3.BrH/c1-11(2,13)12(3,4)15-7-9(18)8-16-6-5-14-10(16)17(19)20;/h5-6,9,15,18H,7-8H2,1-4H3;1H. The lowest BCUT2D eigenvalue weighted by Crippen LogP contribution is -2.54. The number of β-amino-alcohol motifs (C(OH)–C–C–N with tert-alkyl or cyclic N) is 1. The SMILES string of the molecule is Br.CC(C)(Br)C(C)(C)NCC(O)Cn1ccnc1[N+](=O)[O-]. The summed E-state index contributed by atoms with van der Waals surface area (Å²) in [5, 5.41) is 24.0. The van der Waals surface area contributed by atoms with Crippen LogP contribution in [0.2, 0.25) is 0 Å². The van der Waals surface area contributed by atoms with Gasteiger partial charge in [0.1, 0.15) is 12.4 Å². The average molecular weight is 430 g/mol. The van der Waals surface area contributed by atoms with Crippen molar-refractivity contribution < 1.29 is 10.0 Å².